The van der Waals surface area contributed by atoms with Crippen LogP contribution < -0.4 is 5.32 Å². The number of fused-ring (bicyclic) bond motifs is 3. The largest absolute Gasteiger partial charge is 0.351 e. The van der Waals surface area contributed by atoms with E-state index in [0.717, 1.165) is 36.8 Å². The molecule has 1 N–H and O–H groups in total. The van der Waals surface area contributed by atoms with Gasteiger partial charge in [-0.2, -0.15) is 0 Å². The zero-order chi connectivity index (χ0) is 26.3. The molecule has 2 aromatic heterocycles. The summed E-state index contributed by atoms with van der Waals surface area (Å²) in [6, 6.07) is 18.3. The van der Waals surface area contributed by atoms with Gasteiger partial charge in [-0.3, -0.25) is 9.59 Å². The Bertz CT molecular complexity index is 1470. The second kappa shape index (κ2) is 9.78. The number of halogens is 1. The number of aromatic nitrogens is 2. The lowest BCUT2D eigenvalue weighted by Gasteiger charge is -2.45. The second-order valence-electron chi connectivity index (χ2n) is 10.8. The molecule has 0 saturated heterocycles. The van der Waals surface area contributed by atoms with E-state index in [9.17, 15) is 14.0 Å². The normalized spacial score (nSPS) is 20.4. The molecule has 7 heteroatoms. The number of amides is 2. The molecular formula is C31H33FN4O2. The van der Waals surface area contributed by atoms with Crippen LogP contribution in [0.25, 0.3) is 16.6 Å². The van der Waals surface area contributed by atoms with Crippen LogP contribution in [-0.4, -0.2) is 37.4 Å². The fraction of sp³-hybridized carbons (Fsp3) is 0.355. The van der Waals surface area contributed by atoms with Crippen molar-refractivity contribution < 1.29 is 14.0 Å². The highest BCUT2D eigenvalue weighted by molar-refractivity contribution is 6.09. The van der Waals surface area contributed by atoms with Gasteiger partial charge in [-0.05, 0) is 55.7 Å². The Balaban J connectivity index is 1.49. The van der Waals surface area contributed by atoms with Gasteiger partial charge in [0.05, 0.1) is 17.7 Å². The number of carbonyl (C=O) groups is 2. The smallest absolute Gasteiger partial charge is 0.273 e. The summed E-state index contributed by atoms with van der Waals surface area (Å²) < 4.78 is 18.3. The number of hydrogen-bond donors (Lipinski definition) is 1. The molecule has 2 aliphatic rings. The molecule has 6 rings (SSSR count). The lowest BCUT2D eigenvalue weighted by molar-refractivity contribution is -0.134. The van der Waals surface area contributed by atoms with Crippen LogP contribution in [0.2, 0.25) is 0 Å². The van der Waals surface area contributed by atoms with Gasteiger partial charge in [0.15, 0.2) is 0 Å². The molecule has 0 spiro atoms. The van der Waals surface area contributed by atoms with Crippen LogP contribution in [-0.2, 0) is 17.9 Å². The van der Waals surface area contributed by atoms with Gasteiger partial charge in [0.2, 0.25) is 5.91 Å². The maximum absolute atomic E-state index is 14.5. The number of hydrogen-bond acceptors (Lipinski definition) is 2. The Morgan fingerprint density at radius 2 is 1.71 bits per heavy atom. The zero-order valence-electron chi connectivity index (χ0n) is 21.7. The standard InChI is InChI=1S/C31H33FN4O2/c1-31(30(38)33-24-13-7-2-3-8-14-24)21-35-26-16-15-23(32)19-25(26)27(34-17-9-10-18-34)28(35)29(37)36(31)20-22-11-5-4-6-12-22/h4-6,9-12,15-19,24H,2-3,7-8,13-14,20-21H2,1H3,(H,33,38). The molecule has 196 valence electrons. The predicted molar refractivity (Wildman–Crippen MR) is 146 cm³/mol. The molecule has 4 aromatic rings. The molecule has 1 unspecified atom stereocenters. The van der Waals surface area contributed by atoms with Crippen LogP contribution in [0.3, 0.4) is 0 Å². The van der Waals surface area contributed by atoms with Crippen molar-refractivity contribution in [2.24, 2.45) is 0 Å². The second-order valence-corrected chi connectivity index (χ2v) is 10.8. The predicted octanol–water partition coefficient (Wildman–Crippen LogP) is 5.82. The van der Waals surface area contributed by atoms with E-state index in [4.69, 9.17) is 0 Å². The van der Waals surface area contributed by atoms with Gasteiger partial charge in [0.25, 0.3) is 5.91 Å². The number of nitrogens with one attached hydrogen (secondary N) is 1. The summed E-state index contributed by atoms with van der Waals surface area (Å²) in [5, 5.41) is 3.97. The van der Waals surface area contributed by atoms with Gasteiger partial charge in [-0.1, -0.05) is 56.0 Å². The number of nitrogens with zero attached hydrogens (tertiary/aromatic N) is 3. The van der Waals surface area contributed by atoms with Crippen LogP contribution in [0.1, 0.15) is 61.5 Å². The molecule has 1 aliphatic heterocycles. The van der Waals surface area contributed by atoms with Gasteiger partial charge < -0.3 is 19.4 Å². The first-order valence-corrected chi connectivity index (χ1v) is 13.6. The molecule has 1 aliphatic carbocycles. The average Bonchev–Trinajstić information content (AvgIpc) is 3.46. The van der Waals surface area contributed by atoms with Gasteiger partial charge >= 0.3 is 0 Å². The summed E-state index contributed by atoms with van der Waals surface area (Å²) >= 11 is 0. The summed E-state index contributed by atoms with van der Waals surface area (Å²) in [6.07, 6.45) is 10.2. The molecule has 1 fully saturated rings. The molecule has 1 saturated carbocycles. The summed E-state index contributed by atoms with van der Waals surface area (Å²) in [5.74, 6) is -0.735. The van der Waals surface area contributed by atoms with Crippen molar-refractivity contribution in [2.45, 2.75) is 70.1 Å². The minimum atomic E-state index is -1.12. The van der Waals surface area contributed by atoms with Crippen molar-refractivity contribution in [1.82, 2.24) is 19.4 Å². The number of carbonyl (C=O) groups excluding carboxylic acids is 2. The number of rotatable bonds is 5. The highest BCUT2D eigenvalue weighted by Crippen LogP contribution is 2.39. The van der Waals surface area contributed by atoms with Gasteiger partial charge in [0.1, 0.15) is 17.1 Å². The fourth-order valence-electron chi connectivity index (χ4n) is 6.15. The van der Waals surface area contributed by atoms with E-state index in [2.05, 4.69) is 5.32 Å². The van der Waals surface area contributed by atoms with Crippen molar-refractivity contribution in [3.8, 4) is 5.69 Å². The molecule has 6 nitrogen and oxygen atoms in total. The Hall–Kier alpha value is -3.87. The molecule has 2 aromatic carbocycles. The first-order chi connectivity index (χ1) is 18.5. The van der Waals surface area contributed by atoms with E-state index < -0.39 is 5.54 Å². The maximum Gasteiger partial charge on any atom is 0.273 e. The summed E-state index contributed by atoms with van der Waals surface area (Å²) in [6.45, 7) is 2.45. The van der Waals surface area contributed by atoms with Gasteiger partial charge in [0, 0.05) is 30.4 Å². The fourth-order valence-corrected chi connectivity index (χ4v) is 6.15. The molecule has 0 radical (unpaired) electrons. The Kier molecular flexibility index (Phi) is 6.30. The van der Waals surface area contributed by atoms with Gasteiger partial charge in [-0.15, -0.1) is 0 Å². The highest BCUT2D eigenvalue weighted by Gasteiger charge is 2.49. The lowest BCUT2D eigenvalue weighted by Crippen LogP contribution is -2.64. The van der Waals surface area contributed by atoms with E-state index in [1.807, 2.05) is 70.9 Å². The van der Waals surface area contributed by atoms with Crippen LogP contribution in [0, 0.1) is 5.82 Å². The zero-order valence-corrected chi connectivity index (χ0v) is 21.7. The monoisotopic (exact) mass is 512 g/mol. The quantitative estimate of drug-likeness (QED) is 0.342. The van der Waals surface area contributed by atoms with E-state index in [1.54, 1.807) is 11.0 Å². The lowest BCUT2D eigenvalue weighted by atomic mass is 9.92. The average molecular weight is 513 g/mol. The van der Waals surface area contributed by atoms with E-state index in [0.29, 0.717) is 23.3 Å². The molecule has 0 bridgehead atoms. The third kappa shape index (κ3) is 4.20. The highest BCUT2D eigenvalue weighted by atomic mass is 19.1. The van der Waals surface area contributed by atoms with Gasteiger partial charge in [-0.25, -0.2) is 4.39 Å². The summed E-state index contributed by atoms with van der Waals surface area (Å²) in [5.41, 5.74) is 1.68. The van der Waals surface area contributed by atoms with Crippen molar-refractivity contribution in [2.75, 3.05) is 0 Å². The number of benzene rings is 2. The van der Waals surface area contributed by atoms with Crippen molar-refractivity contribution in [3.63, 3.8) is 0 Å². The molecule has 2 amide bonds. The molecule has 38 heavy (non-hydrogen) atoms. The molecular weight excluding hydrogens is 479 g/mol. The third-order valence-corrected chi connectivity index (χ3v) is 8.23. The summed E-state index contributed by atoms with van der Waals surface area (Å²) in [4.78, 5) is 30.3. The Morgan fingerprint density at radius 3 is 2.42 bits per heavy atom. The molecule has 3 heterocycles. The Labute approximate surface area is 222 Å². The maximum atomic E-state index is 14.5. The Morgan fingerprint density at radius 1 is 1.00 bits per heavy atom. The van der Waals surface area contributed by atoms with Crippen LogP contribution in [0.4, 0.5) is 4.39 Å². The van der Waals surface area contributed by atoms with Crippen molar-refractivity contribution in [1.29, 1.82) is 0 Å². The van der Waals surface area contributed by atoms with E-state index in [1.165, 1.54) is 25.0 Å². The summed E-state index contributed by atoms with van der Waals surface area (Å²) in [7, 11) is 0. The topological polar surface area (TPSA) is 59.3 Å². The van der Waals surface area contributed by atoms with Crippen molar-refractivity contribution in [3.05, 3.63) is 90.1 Å². The first-order valence-electron chi connectivity index (χ1n) is 13.6. The van der Waals surface area contributed by atoms with Crippen molar-refractivity contribution >= 4 is 22.7 Å². The SMILES string of the molecule is CC1(C(=O)NC2CCCCCC2)Cn2c(c(-n3cccc3)c3cc(F)ccc32)C(=O)N1Cc1ccccc1. The third-order valence-electron chi connectivity index (χ3n) is 8.23. The minimum Gasteiger partial charge on any atom is -0.351 e. The first kappa shape index (κ1) is 24.5. The van der Waals surface area contributed by atoms with Crippen LogP contribution in [0.15, 0.2) is 73.1 Å². The van der Waals surface area contributed by atoms with E-state index in [-0.39, 0.29) is 30.2 Å². The van der Waals surface area contributed by atoms with Crippen LogP contribution in [0.5, 0.6) is 0 Å². The minimum absolute atomic E-state index is 0.114. The van der Waals surface area contributed by atoms with E-state index >= 15 is 0 Å². The molecule has 1 atom stereocenters. The van der Waals surface area contributed by atoms with Crippen LogP contribution >= 0.6 is 0 Å².